The summed E-state index contributed by atoms with van der Waals surface area (Å²) in [6.07, 6.45) is 7.06. The summed E-state index contributed by atoms with van der Waals surface area (Å²) >= 11 is 6.65. The molecule has 35 heavy (non-hydrogen) atoms. The first-order valence-corrected chi connectivity index (χ1v) is 12.0. The van der Waals surface area contributed by atoms with Gasteiger partial charge in [-0.25, -0.2) is 0 Å². The van der Waals surface area contributed by atoms with Crippen molar-refractivity contribution in [2.45, 2.75) is 31.3 Å². The summed E-state index contributed by atoms with van der Waals surface area (Å²) in [5.74, 6) is -0.351. The van der Waals surface area contributed by atoms with Crippen molar-refractivity contribution in [2.75, 3.05) is 18.3 Å². The van der Waals surface area contributed by atoms with Crippen LogP contribution in [-0.2, 0) is 0 Å². The van der Waals surface area contributed by atoms with Crippen LogP contribution in [0.2, 0.25) is 5.02 Å². The molecule has 1 amide bonds. The minimum absolute atomic E-state index is 0.0363. The monoisotopic (exact) mass is 489 g/mol. The van der Waals surface area contributed by atoms with Gasteiger partial charge in [-0.3, -0.25) is 19.3 Å². The zero-order chi connectivity index (χ0) is 24.3. The zero-order valence-corrected chi connectivity index (χ0v) is 19.9. The van der Waals surface area contributed by atoms with Crippen molar-refractivity contribution in [3.05, 3.63) is 105 Å². The van der Waals surface area contributed by atoms with Gasteiger partial charge in [-0.05, 0) is 43.0 Å². The fourth-order valence-corrected chi connectivity index (χ4v) is 5.45. The van der Waals surface area contributed by atoms with Crippen LogP contribution in [0.1, 0.15) is 46.1 Å². The fraction of sp³-hybridized carbons (Fsp3) is 0.259. The highest BCUT2D eigenvalue weighted by Gasteiger charge is 2.52. The molecule has 3 aliphatic rings. The molecule has 2 aliphatic heterocycles. The van der Waals surface area contributed by atoms with Gasteiger partial charge in [0.1, 0.15) is 25.1 Å². The number of aromatic nitrogens is 1. The van der Waals surface area contributed by atoms with E-state index >= 15 is 0 Å². The number of ether oxygens (including phenoxy) is 1. The lowest BCUT2D eigenvalue weighted by Crippen LogP contribution is -2.58. The fourth-order valence-electron chi connectivity index (χ4n) is 5.21. The molecule has 2 bridgehead atoms. The topological polar surface area (TPSA) is 75.0 Å². The number of hydrogen-bond donors (Lipinski definition) is 1. The summed E-state index contributed by atoms with van der Waals surface area (Å²) < 4.78 is 7.82. The van der Waals surface area contributed by atoms with Gasteiger partial charge in [0.25, 0.3) is 5.91 Å². The summed E-state index contributed by atoms with van der Waals surface area (Å²) in [7, 11) is 0. The normalized spacial score (nSPS) is 21.0. The van der Waals surface area contributed by atoms with E-state index in [2.05, 4.69) is 0 Å². The van der Waals surface area contributed by atoms with E-state index in [1.807, 2.05) is 60.5 Å². The van der Waals surface area contributed by atoms with E-state index in [4.69, 9.17) is 16.3 Å². The average molecular weight is 490 g/mol. The van der Waals surface area contributed by atoms with Crippen molar-refractivity contribution < 1.29 is 14.6 Å². The van der Waals surface area contributed by atoms with Crippen molar-refractivity contribution in [1.82, 2.24) is 9.58 Å². The molecule has 1 aromatic heterocycles. The largest absolute Gasteiger partial charge is 0.502 e. The Bertz CT molecular complexity index is 1440. The van der Waals surface area contributed by atoms with Gasteiger partial charge in [0.2, 0.25) is 5.43 Å². The number of amides is 1. The Morgan fingerprint density at radius 3 is 2.60 bits per heavy atom. The van der Waals surface area contributed by atoms with E-state index in [0.717, 1.165) is 29.5 Å². The number of carbonyl (C=O) groups excluding carboxylic acids is 1. The molecular formula is C27H24ClN3O4. The number of nitrogens with zero attached hydrogens (tertiary/aromatic N) is 3. The molecule has 7 nitrogen and oxygen atoms in total. The second kappa shape index (κ2) is 7.92. The molecule has 8 heteroatoms. The maximum absolute atomic E-state index is 13.7. The van der Waals surface area contributed by atoms with Crippen LogP contribution in [0.25, 0.3) is 0 Å². The summed E-state index contributed by atoms with van der Waals surface area (Å²) in [5, 5.41) is 13.3. The number of para-hydroxylation sites is 1. The van der Waals surface area contributed by atoms with Crippen molar-refractivity contribution >= 4 is 17.5 Å². The quantitative estimate of drug-likeness (QED) is 0.520. The molecule has 1 saturated carbocycles. The number of aromatic hydroxyl groups is 1. The van der Waals surface area contributed by atoms with Crippen LogP contribution in [0.15, 0.2) is 71.7 Å². The summed E-state index contributed by atoms with van der Waals surface area (Å²) in [4.78, 5) is 27.9. The van der Waals surface area contributed by atoms with Gasteiger partial charge in [0.15, 0.2) is 11.4 Å². The molecule has 1 N–H and O–H groups in total. The molecule has 2 aromatic carbocycles. The van der Waals surface area contributed by atoms with Gasteiger partial charge in [0.05, 0.1) is 10.6 Å². The Labute approximate surface area is 207 Å². The van der Waals surface area contributed by atoms with Crippen LogP contribution in [-0.4, -0.2) is 39.4 Å². The van der Waals surface area contributed by atoms with Crippen molar-refractivity contribution in [3.8, 4) is 11.5 Å². The summed E-state index contributed by atoms with van der Waals surface area (Å²) in [6.45, 7) is 2.59. The predicted molar refractivity (Wildman–Crippen MR) is 133 cm³/mol. The molecule has 1 atom stereocenters. The number of rotatable bonds is 1. The van der Waals surface area contributed by atoms with Crippen molar-refractivity contribution in [2.24, 2.45) is 0 Å². The Kier molecular flexibility index (Phi) is 4.93. The van der Waals surface area contributed by atoms with Gasteiger partial charge in [-0.2, -0.15) is 0 Å². The number of hydrogen-bond acceptors (Lipinski definition) is 5. The third-order valence-corrected chi connectivity index (χ3v) is 7.49. The van der Waals surface area contributed by atoms with Crippen LogP contribution in [0.5, 0.6) is 11.5 Å². The first kappa shape index (κ1) is 21.8. The van der Waals surface area contributed by atoms with Crippen molar-refractivity contribution in [1.29, 1.82) is 0 Å². The second-order valence-corrected chi connectivity index (χ2v) is 9.68. The highest BCUT2D eigenvalue weighted by atomic mass is 35.5. The van der Waals surface area contributed by atoms with Gasteiger partial charge < -0.3 is 14.7 Å². The number of aryl methyl sites for hydroxylation is 1. The number of halogens is 1. The minimum atomic E-state index is -0.588. The van der Waals surface area contributed by atoms with Crippen molar-refractivity contribution in [3.63, 3.8) is 0 Å². The standard InChI is InChI=1S/C27H24ClN3O4/c1-17-6-2-3-7-18(17)22-19-8-4-9-20(28)25(19)35-15-5-11-27(12-13-27)29-16-31(22)30-14-10-21(32)24(33)23(30)26(29)34/h2-11,14,22,33H,12-13,15-16H2,1H3/b11-5+/t22-/m0/s1. The van der Waals surface area contributed by atoms with Gasteiger partial charge >= 0.3 is 0 Å². The first-order valence-electron chi connectivity index (χ1n) is 11.6. The number of benzene rings is 2. The molecule has 6 rings (SSSR count). The Hall–Kier alpha value is -3.71. The minimum Gasteiger partial charge on any atom is -0.502 e. The Morgan fingerprint density at radius 1 is 1.06 bits per heavy atom. The third kappa shape index (κ3) is 3.33. The summed E-state index contributed by atoms with van der Waals surface area (Å²) in [6, 6.07) is 14.5. The highest BCUT2D eigenvalue weighted by molar-refractivity contribution is 6.32. The average Bonchev–Trinajstić information content (AvgIpc) is 3.63. The van der Waals surface area contributed by atoms with Crippen LogP contribution in [0, 0.1) is 6.92 Å². The maximum atomic E-state index is 13.7. The smallest absolute Gasteiger partial charge is 0.278 e. The number of fused-ring (bicyclic) bond motifs is 6. The molecule has 1 aliphatic carbocycles. The molecule has 1 spiro atoms. The van der Waals surface area contributed by atoms with Gasteiger partial charge in [0, 0.05) is 17.8 Å². The predicted octanol–water partition coefficient (Wildman–Crippen LogP) is 4.14. The van der Waals surface area contributed by atoms with Crippen LogP contribution in [0.4, 0.5) is 0 Å². The number of carbonyl (C=O) groups is 1. The molecule has 0 saturated heterocycles. The second-order valence-electron chi connectivity index (χ2n) is 9.27. The highest BCUT2D eigenvalue weighted by Crippen LogP contribution is 2.48. The van der Waals surface area contributed by atoms with E-state index in [9.17, 15) is 14.7 Å². The molecule has 178 valence electrons. The zero-order valence-electron chi connectivity index (χ0n) is 19.1. The van der Waals surface area contributed by atoms with Crippen LogP contribution >= 0.6 is 11.6 Å². The van der Waals surface area contributed by atoms with E-state index < -0.39 is 22.8 Å². The lowest BCUT2D eigenvalue weighted by Gasteiger charge is -2.46. The molecule has 1 fully saturated rings. The molecule has 3 aromatic rings. The molecular weight excluding hydrogens is 466 g/mol. The van der Waals surface area contributed by atoms with E-state index in [1.54, 1.807) is 21.8 Å². The van der Waals surface area contributed by atoms with E-state index in [1.165, 1.54) is 6.07 Å². The van der Waals surface area contributed by atoms with Crippen LogP contribution in [0.3, 0.4) is 0 Å². The molecule has 0 radical (unpaired) electrons. The third-order valence-electron chi connectivity index (χ3n) is 7.19. The SMILES string of the molecule is Cc1ccccc1[C@H]1c2cccc(Cl)c2OC/C=C/C2(CC2)N2CN1n1ccc(=O)c(O)c1C2=O. The van der Waals surface area contributed by atoms with Gasteiger partial charge in [-0.15, -0.1) is 0 Å². The Morgan fingerprint density at radius 2 is 1.83 bits per heavy atom. The summed E-state index contributed by atoms with van der Waals surface area (Å²) in [5.41, 5.74) is 1.76. The van der Waals surface area contributed by atoms with Crippen LogP contribution < -0.4 is 15.2 Å². The Balaban J connectivity index is 1.68. The lowest BCUT2D eigenvalue weighted by molar-refractivity contribution is 0.0606. The molecule has 0 unspecified atom stereocenters. The first-order chi connectivity index (χ1) is 16.9. The lowest BCUT2D eigenvalue weighted by atomic mass is 9.93. The maximum Gasteiger partial charge on any atom is 0.278 e. The molecule has 3 heterocycles. The van der Waals surface area contributed by atoms with E-state index in [0.29, 0.717) is 17.4 Å². The van der Waals surface area contributed by atoms with E-state index in [-0.39, 0.29) is 18.3 Å². The number of pyridine rings is 1. The van der Waals surface area contributed by atoms with Gasteiger partial charge in [-0.1, -0.05) is 54.1 Å².